The fraction of sp³-hybridized carbons (Fsp3) is 0.636. The van der Waals surface area contributed by atoms with E-state index in [4.69, 9.17) is 5.11 Å². The Bertz CT molecular complexity index is 446. The summed E-state index contributed by atoms with van der Waals surface area (Å²) in [4.78, 5) is 35.6. The van der Waals surface area contributed by atoms with Crippen molar-refractivity contribution in [2.45, 2.75) is 26.2 Å². The molecule has 0 radical (unpaired) electrons. The molecule has 0 spiro atoms. The van der Waals surface area contributed by atoms with E-state index in [9.17, 15) is 14.4 Å². The number of rotatable bonds is 2. The number of hydrogen-bond donors (Lipinski definition) is 2. The number of nitrogens with one attached hydrogen (secondary N) is 1. The summed E-state index contributed by atoms with van der Waals surface area (Å²) in [7, 11) is 0. The van der Waals surface area contributed by atoms with Crippen LogP contribution in [0.15, 0.2) is 5.10 Å². The minimum absolute atomic E-state index is 0.189. The van der Waals surface area contributed by atoms with Gasteiger partial charge in [-0.25, -0.2) is 5.43 Å². The predicted octanol–water partition coefficient (Wildman–Crippen LogP) is -0.424. The largest absolute Gasteiger partial charge is 0.481 e. The molecule has 0 aromatic rings. The van der Waals surface area contributed by atoms with Crippen molar-refractivity contribution < 1.29 is 19.5 Å². The van der Waals surface area contributed by atoms with Gasteiger partial charge < -0.3 is 10.0 Å². The number of carbonyl (C=O) groups excluding carboxylic acids is 2. The molecule has 2 aliphatic heterocycles. The summed E-state index contributed by atoms with van der Waals surface area (Å²) in [6, 6.07) is 0. The van der Waals surface area contributed by atoms with Gasteiger partial charge in [-0.15, -0.1) is 0 Å². The number of aliphatic carboxylic acids is 1. The van der Waals surface area contributed by atoms with Crippen molar-refractivity contribution in [2.75, 3.05) is 13.1 Å². The normalized spacial score (nSPS) is 27.7. The smallest absolute Gasteiger partial charge is 0.311 e. The Labute approximate surface area is 104 Å². The molecule has 0 aromatic carbocycles. The standard InChI is InChI=1S/C11H15N3O4/c1-11(10(17)18)4-5-14(6-11)9(16)7-2-3-8(15)13-12-7/h2-6H2,1H3,(H,13,15)(H,17,18). The van der Waals surface area contributed by atoms with Crippen molar-refractivity contribution in [3.05, 3.63) is 0 Å². The maximum atomic E-state index is 12.1. The molecule has 2 rings (SSSR count). The second-order valence-corrected chi connectivity index (χ2v) is 4.94. The van der Waals surface area contributed by atoms with Crippen LogP contribution in [0.3, 0.4) is 0 Å². The van der Waals surface area contributed by atoms with Gasteiger partial charge in [0.05, 0.1) is 5.41 Å². The van der Waals surface area contributed by atoms with Crippen LogP contribution < -0.4 is 5.43 Å². The van der Waals surface area contributed by atoms with Crippen molar-refractivity contribution in [1.82, 2.24) is 10.3 Å². The minimum atomic E-state index is -0.892. The highest BCUT2D eigenvalue weighted by molar-refractivity contribution is 6.39. The second-order valence-electron chi connectivity index (χ2n) is 4.94. The average molecular weight is 253 g/mol. The monoisotopic (exact) mass is 253 g/mol. The second kappa shape index (κ2) is 4.40. The van der Waals surface area contributed by atoms with Crippen LogP contribution in [0.1, 0.15) is 26.2 Å². The zero-order valence-corrected chi connectivity index (χ0v) is 10.1. The number of hydrogen-bond acceptors (Lipinski definition) is 4. The van der Waals surface area contributed by atoms with Gasteiger partial charge in [-0.2, -0.15) is 5.10 Å². The summed E-state index contributed by atoms with van der Waals surface area (Å²) in [5, 5.41) is 12.8. The molecule has 0 aromatic heterocycles. The van der Waals surface area contributed by atoms with E-state index < -0.39 is 11.4 Å². The van der Waals surface area contributed by atoms with Crippen LogP contribution in [-0.2, 0) is 14.4 Å². The summed E-state index contributed by atoms with van der Waals surface area (Å²) in [6.45, 7) is 2.23. The number of amides is 2. The van der Waals surface area contributed by atoms with E-state index in [1.54, 1.807) is 6.92 Å². The molecule has 7 nitrogen and oxygen atoms in total. The first-order chi connectivity index (χ1) is 8.42. The van der Waals surface area contributed by atoms with Crippen LogP contribution >= 0.6 is 0 Å². The molecule has 0 aliphatic carbocycles. The third-order valence-corrected chi connectivity index (χ3v) is 3.43. The molecular formula is C11H15N3O4. The Morgan fingerprint density at radius 1 is 1.44 bits per heavy atom. The third kappa shape index (κ3) is 2.20. The molecule has 18 heavy (non-hydrogen) atoms. The van der Waals surface area contributed by atoms with E-state index in [0.29, 0.717) is 25.1 Å². The van der Waals surface area contributed by atoms with Crippen molar-refractivity contribution in [3.63, 3.8) is 0 Å². The van der Waals surface area contributed by atoms with E-state index in [0.717, 1.165) is 0 Å². The van der Waals surface area contributed by atoms with Crippen molar-refractivity contribution in [3.8, 4) is 0 Å². The zero-order valence-electron chi connectivity index (χ0n) is 10.1. The Hall–Kier alpha value is -1.92. The highest BCUT2D eigenvalue weighted by Gasteiger charge is 2.43. The number of carbonyl (C=O) groups is 3. The molecule has 2 N–H and O–H groups in total. The summed E-state index contributed by atoms with van der Waals surface area (Å²) in [5.41, 5.74) is 1.68. The highest BCUT2D eigenvalue weighted by Crippen LogP contribution is 2.30. The molecule has 1 saturated heterocycles. The van der Waals surface area contributed by atoms with Gasteiger partial charge in [0.1, 0.15) is 5.71 Å². The first-order valence-corrected chi connectivity index (χ1v) is 5.80. The zero-order chi connectivity index (χ0) is 13.3. The first kappa shape index (κ1) is 12.5. The van der Waals surface area contributed by atoms with Crippen LogP contribution in [0, 0.1) is 5.41 Å². The van der Waals surface area contributed by atoms with Crippen molar-refractivity contribution in [1.29, 1.82) is 0 Å². The maximum Gasteiger partial charge on any atom is 0.311 e. The van der Waals surface area contributed by atoms with Gasteiger partial charge in [-0.05, 0) is 13.3 Å². The Balaban J connectivity index is 2.04. The predicted molar refractivity (Wildman–Crippen MR) is 61.8 cm³/mol. The number of hydrazone groups is 1. The van der Waals surface area contributed by atoms with Crippen LogP contribution in [0.2, 0.25) is 0 Å². The maximum absolute atomic E-state index is 12.1. The van der Waals surface area contributed by atoms with E-state index in [2.05, 4.69) is 10.5 Å². The van der Waals surface area contributed by atoms with Crippen LogP contribution in [0.4, 0.5) is 0 Å². The minimum Gasteiger partial charge on any atom is -0.481 e. The van der Waals surface area contributed by atoms with E-state index >= 15 is 0 Å². The highest BCUT2D eigenvalue weighted by atomic mass is 16.4. The molecule has 2 heterocycles. The van der Waals surface area contributed by atoms with Gasteiger partial charge in [0.25, 0.3) is 5.91 Å². The van der Waals surface area contributed by atoms with Gasteiger partial charge >= 0.3 is 5.97 Å². The fourth-order valence-electron chi connectivity index (χ4n) is 2.12. The van der Waals surface area contributed by atoms with Crippen LogP contribution in [-0.4, -0.2) is 46.6 Å². The Kier molecular flexibility index (Phi) is 3.06. The average Bonchev–Trinajstić information content (AvgIpc) is 2.73. The number of nitrogens with zero attached hydrogens (tertiary/aromatic N) is 2. The summed E-state index contributed by atoms with van der Waals surface area (Å²) < 4.78 is 0. The summed E-state index contributed by atoms with van der Waals surface area (Å²) >= 11 is 0. The molecule has 2 aliphatic rings. The molecule has 1 fully saturated rings. The number of carboxylic acids is 1. The lowest BCUT2D eigenvalue weighted by atomic mass is 9.90. The summed E-state index contributed by atoms with van der Waals surface area (Å²) in [6.07, 6.45) is 0.993. The third-order valence-electron chi connectivity index (χ3n) is 3.43. The van der Waals surface area contributed by atoms with Crippen LogP contribution in [0.25, 0.3) is 0 Å². The topological polar surface area (TPSA) is 99.1 Å². The van der Waals surface area contributed by atoms with Gasteiger partial charge in [-0.3, -0.25) is 14.4 Å². The van der Waals surface area contributed by atoms with Gasteiger partial charge in [0.15, 0.2) is 0 Å². The molecule has 0 saturated carbocycles. The molecular weight excluding hydrogens is 238 g/mol. The molecule has 7 heteroatoms. The van der Waals surface area contributed by atoms with Gasteiger partial charge in [0.2, 0.25) is 5.91 Å². The molecule has 0 bridgehead atoms. The van der Waals surface area contributed by atoms with E-state index in [-0.39, 0.29) is 24.8 Å². The molecule has 2 amide bonds. The molecule has 1 atom stereocenters. The van der Waals surface area contributed by atoms with E-state index in [1.165, 1.54) is 4.90 Å². The number of likely N-dealkylation sites (tertiary alicyclic amines) is 1. The summed E-state index contributed by atoms with van der Waals surface area (Å²) in [5.74, 6) is -1.37. The SMILES string of the molecule is CC1(C(=O)O)CCN(C(=O)C2=NNC(=O)CC2)C1. The van der Waals surface area contributed by atoms with Crippen LogP contribution in [0.5, 0.6) is 0 Å². The van der Waals surface area contributed by atoms with Gasteiger partial charge in [-0.1, -0.05) is 0 Å². The first-order valence-electron chi connectivity index (χ1n) is 5.80. The quantitative estimate of drug-likeness (QED) is 0.697. The Morgan fingerprint density at radius 3 is 2.67 bits per heavy atom. The lowest BCUT2D eigenvalue weighted by molar-refractivity contribution is -0.147. The molecule has 1 unspecified atom stereocenters. The fourth-order valence-corrected chi connectivity index (χ4v) is 2.12. The van der Waals surface area contributed by atoms with Crippen molar-refractivity contribution >= 4 is 23.5 Å². The van der Waals surface area contributed by atoms with E-state index in [1.807, 2.05) is 0 Å². The lowest BCUT2D eigenvalue weighted by Gasteiger charge is -2.21. The number of carboxylic acid groups (broad SMARTS) is 1. The lowest BCUT2D eigenvalue weighted by Crippen LogP contribution is -2.41. The Morgan fingerprint density at radius 2 is 2.17 bits per heavy atom. The molecule has 98 valence electrons. The van der Waals surface area contributed by atoms with Crippen molar-refractivity contribution in [2.24, 2.45) is 10.5 Å². The van der Waals surface area contributed by atoms with Gasteiger partial charge in [0, 0.05) is 25.9 Å².